The molecule has 1 aromatic heterocycles. The van der Waals surface area contributed by atoms with Crippen LogP contribution in [-0.4, -0.2) is 21.9 Å². The molecule has 0 saturated carbocycles. The van der Waals surface area contributed by atoms with Crippen molar-refractivity contribution in [2.75, 3.05) is 5.88 Å². The summed E-state index contributed by atoms with van der Waals surface area (Å²) in [5.74, 6) is 1.00. The van der Waals surface area contributed by atoms with E-state index in [4.69, 9.17) is 11.6 Å². The number of hydrogen-bond donors (Lipinski definition) is 0. The maximum Gasteiger partial charge on any atom is 0.256 e. The van der Waals surface area contributed by atoms with Crippen LogP contribution in [0.15, 0.2) is 18.2 Å². The summed E-state index contributed by atoms with van der Waals surface area (Å²) in [6, 6.07) is 5.59. The molecule has 2 nitrogen and oxygen atoms in total. The molecule has 0 fully saturated rings. The second-order valence-corrected chi connectivity index (χ2v) is 5.23. The first-order valence-electron chi connectivity index (χ1n) is 5.10. The van der Waals surface area contributed by atoms with E-state index in [0.29, 0.717) is 18.1 Å². The molecule has 0 aliphatic carbocycles. The number of alkyl halides is 3. The molecule has 2 aromatic rings. The van der Waals surface area contributed by atoms with E-state index in [-0.39, 0.29) is 6.54 Å². The van der Waals surface area contributed by atoms with Gasteiger partial charge in [0, 0.05) is 15.9 Å². The van der Waals surface area contributed by atoms with Crippen molar-refractivity contribution in [1.29, 1.82) is 0 Å². The molecule has 0 unspecified atom stereocenters. The molecule has 0 aliphatic rings. The third-order valence-corrected chi connectivity index (χ3v) is 3.29. The lowest BCUT2D eigenvalue weighted by Gasteiger charge is -2.07. The summed E-state index contributed by atoms with van der Waals surface area (Å²) in [5.41, 5.74) is 1.49. The molecule has 0 saturated heterocycles. The van der Waals surface area contributed by atoms with Gasteiger partial charge in [0.05, 0.1) is 17.6 Å². The predicted molar refractivity (Wildman–Crippen MR) is 72.9 cm³/mol. The van der Waals surface area contributed by atoms with Crippen molar-refractivity contribution in [3.63, 3.8) is 0 Å². The molecule has 0 spiro atoms. The number of imidazole rings is 1. The maximum atomic E-state index is 12.5. The average molecular weight is 371 g/mol. The number of hydrogen-bond acceptors (Lipinski definition) is 1. The van der Waals surface area contributed by atoms with Crippen LogP contribution in [0.25, 0.3) is 11.0 Å². The molecule has 0 bridgehead atoms. The van der Waals surface area contributed by atoms with Crippen molar-refractivity contribution in [2.45, 2.75) is 19.4 Å². The lowest BCUT2D eigenvalue weighted by atomic mass is 10.3. The van der Waals surface area contributed by atoms with E-state index in [2.05, 4.69) is 27.6 Å². The van der Waals surface area contributed by atoms with E-state index < -0.39 is 6.43 Å². The molecule has 17 heavy (non-hydrogen) atoms. The summed E-state index contributed by atoms with van der Waals surface area (Å²) in [6.07, 6.45) is -1.89. The van der Waals surface area contributed by atoms with Crippen LogP contribution in [0.5, 0.6) is 0 Å². The molecule has 0 amide bonds. The van der Waals surface area contributed by atoms with Crippen molar-refractivity contribution >= 4 is 45.2 Å². The zero-order valence-corrected chi connectivity index (χ0v) is 11.8. The molecule has 1 heterocycles. The highest BCUT2D eigenvalue weighted by Gasteiger charge is 2.14. The Kier molecular flexibility index (Phi) is 4.19. The minimum absolute atomic E-state index is 0.330. The van der Waals surface area contributed by atoms with Crippen molar-refractivity contribution in [1.82, 2.24) is 9.55 Å². The van der Waals surface area contributed by atoms with Crippen molar-refractivity contribution < 1.29 is 8.78 Å². The van der Waals surface area contributed by atoms with Gasteiger partial charge < -0.3 is 4.57 Å². The van der Waals surface area contributed by atoms with Crippen LogP contribution in [0.2, 0.25) is 0 Å². The largest absolute Gasteiger partial charge is 0.322 e. The Morgan fingerprint density at radius 1 is 1.41 bits per heavy atom. The van der Waals surface area contributed by atoms with Crippen LogP contribution in [0.4, 0.5) is 8.78 Å². The first-order valence-corrected chi connectivity index (χ1v) is 6.72. The van der Waals surface area contributed by atoms with Gasteiger partial charge in [-0.3, -0.25) is 0 Å². The average Bonchev–Trinajstić information content (AvgIpc) is 2.56. The number of rotatable bonds is 4. The fourth-order valence-electron chi connectivity index (χ4n) is 1.77. The maximum absolute atomic E-state index is 12.5. The van der Waals surface area contributed by atoms with Gasteiger partial charge in [-0.1, -0.05) is 0 Å². The van der Waals surface area contributed by atoms with Gasteiger partial charge >= 0.3 is 0 Å². The summed E-state index contributed by atoms with van der Waals surface area (Å²) >= 11 is 7.83. The summed E-state index contributed by atoms with van der Waals surface area (Å²) in [4.78, 5) is 4.36. The SMILES string of the molecule is FC(F)Cn1c(CCCl)nc2cc(I)ccc21. The van der Waals surface area contributed by atoms with Gasteiger partial charge in [0.2, 0.25) is 0 Å². The molecule has 92 valence electrons. The van der Waals surface area contributed by atoms with E-state index in [9.17, 15) is 8.78 Å². The molecule has 0 aliphatic heterocycles. The first-order chi connectivity index (χ1) is 8.11. The van der Waals surface area contributed by atoms with E-state index in [1.165, 1.54) is 0 Å². The third kappa shape index (κ3) is 2.88. The van der Waals surface area contributed by atoms with Gasteiger partial charge in [-0.25, -0.2) is 13.8 Å². The molecular formula is C11H10ClF2IN2. The highest BCUT2D eigenvalue weighted by molar-refractivity contribution is 14.1. The summed E-state index contributed by atoms with van der Waals surface area (Å²) < 4.78 is 27.7. The Morgan fingerprint density at radius 2 is 2.18 bits per heavy atom. The Bertz CT molecular complexity index is 527. The molecule has 0 radical (unpaired) electrons. The second kappa shape index (κ2) is 5.48. The molecule has 2 rings (SSSR count). The fraction of sp³-hybridized carbons (Fsp3) is 0.364. The zero-order chi connectivity index (χ0) is 12.4. The normalized spacial score (nSPS) is 11.6. The lowest BCUT2D eigenvalue weighted by molar-refractivity contribution is 0.127. The molecule has 1 aromatic carbocycles. The Hall–Kier alpha value is -0.430. The Balaban J connectivity index is 2.54. The topological polar surface area (TPSA) is 17.8 Å². The van der Waals surface area contributed by atoms with Crippen LogP contribution < -0.4 is 0 Å². The van der Waals surface area contributed by atoms with E-state index in [1.54, 1.807) is 4.57 Å². The monoisotopic (exact) mass is 370 g/mol. The lowest BCUT2D eigenvalue weighted by Crippen LogP contribution is -2.10. The highest BCUT2D eigenvalue weighted by atomic mass is 127. The van der Waals surface area contributed by atoms with Crippen molar-refractivity contribution in [3.05, 3.63) is 27.6 Å². The number of benzene rings is 1. The number of nitrogens with zero attached hydrogens (tertiary/aromatic N) is 2. The van der Waals surface area contributed by atoms with Gasteiger partial charge in [0.1, 0.15) is 5.82 Å². The standard InChI is InChI=1S/C11H10ClF2IN2/c12-4-3-11-16-8-5-7(15)1-2-9(8)17(11)6-10(13)14/h1-2,5,10H,3-4,6H2. The smallest absolute Gasteiger partial charge is 0.256 e. The van der Waals surface area contributed by atoms with Gasteiger partial charge in [0.15, 0.2) is 0 Å². The highest BCUT2D eigenvalue weighted by Crippen LogP contribution is 2.20. The van der Waals surface area contributed by atoms with Crippen LogP contribution >= 0.6 is 34.2 Å². The quantitative estimate of drug-likeness (QED) is 0.593. The second-order valence-electron chi connectivity index (χ2n) is 3.60. The van der Waals surface area contributed by atoms with Gasteiger partial charge in [-0.2, -0.15) is 0 Å². The summed E-state index contributed by atoms with van der Waals surface area (Å²) in [6.45, 7) is -0.330. The van der Waals surface area contributed by atoms with Gasteiger partial charge in [-0.15, -0.1) is 11.6 Å². The number of aryl methyl sites for hydroxylation is 1. The van der Waals surface area contributed by atoms with Crippen LogP contribution in [0, 0.1) is 3.57 Å². The predicted octanol–water partition coefficient (Wildman–Crippen LogP) is 3.69. The van der Waals surface area contributed by atoms with E-state index in [0.717, 1.165) is 14.6 Å². The summed E-state index contributed by atoms with van der Waals surface area (Å²) in [5, 5.41) is 0. The van der Waals surface area contributed by atoms with Crippen molar-refractivity contribution in [2.24, 2.45) is 0 Å². The van der Waals surface area contributed by atoms with Crippen molar-refractivity contribution in [3.8, 4) is 0 Å². The minimum Gasteiger partial charge on any atom is -0.322 e. The zero-order valence-electron chi connectivity index (χ0n) is 8.84. The number of fused-ring (bicyclic) bond motifs is 1. The number of aromatic nitrogens is 2. The van der Waals surface area contributed by atoms with Crippen LogP contribution in [-0.2, 0) is 13.0 Å². The summed E-state index contributed by atoms with van der Waals surface area (Å²) in [7, 11) is 0. The first kappa shape index (κ1) is 13.0. The van der Waals surface area contributed by atoms with Crippen LogP contribution in [0.3, 0.4) is 0 Å². The van der Waals surface area contributed by atoms with Crippen LogP contribution in [0.1, 0.15) is 5.82 Å². The minimum atomic E-state index is -2.39. The van der Waals surface area contributed by atoms with E-state index in [1.807, 2.05) is 18.2 Å². The fourth-order valence-corrected chi connectivity index (χ4v) is 2.41. The van der Waals surface area contributed by atoms with Gasteiger partial charge in [-0.05, 0) is 40.8 Å². The van der Waals surface area contributed by atoms with Gasteiger partial charge in [0.25, 0.3) is 6.43 Å². The Labute approximate surface area is 116 Å². The molecule has 0 atom stereocenters. The number of halogens is 4. The Morgan fingerprint density at radius 3 is 2.82 bits per heavy atom. The molecule has 6 heteroatoms. The molecular weight excluding hydrogens is 360 g/mol. The van der Waals surface area contributed by atoms with E-state index >= 15 is 0 Å². The third-order valence-electron chi connectivity index (χ3n) is 2.43. The molecule has 0 N–H and O–H groups in total.